The lowest BCUT2D eigenvalue weighted by atomic mass is 9.73. The number of rotatable bonds is 7. The van der Waals surface area contributed by atoms with E-state index in [-0.39, 0.29) is 34.0 Å². The average molecular weight is 523 g/mol. The van der Waals surface area contributed by atoms with Crippen LogP contribution in [0.1, 0.15) is 30.6 Å². The zero-order chi connectivity index (χ0) is 22.3. The molecule has 1 atom stereocenters. The minimum absolute atomic E-state index is 0.120. The highest BCUT2D eigenvalue weighted by atomic mass is 79.9. The van der Waals surface area contributed by atoms with Crippen LogP contribution in [0.3, 0.4) is 0 Å². The first-order chi connectivity index (χ1) is 14.2. The normalized spacial score (nSPS) is 16.7. The Kier molecular flexibility index (Phi) is 10.4. The van der Waals surface area contributed by atoms with E-state index in [1.807, 2.05) is 7.05 Å². The molecular formula is C19H27BBrCl2N3O4. The molecule has 0 unspecified atom stereocenters. The Morgan fingerprint density at radius 3 is 2.47 bits per heavy atom. The van der Waals surface area contributed by atoms with E-state index in [4.69, 9.17) is 32.5 Å². The van der Waals surface area contributed by atoms with E-state index in [0.29, 0.717) is 30.0 Å². The molecule has 1 aromatic carbocycles. The van der Waals surface area contributed by atoms with Gasteiger partial charge in [0.2, 0.25) is 5.91 Å². The van der Waals surface area contributed by atoms with E-state index in [9.17, 15) is 9.59 Å². The van der Waals surface area contributed by atoms with Gasteiger partial charge in [-0.25, -0.2) is 0 Å². The molecule has 166 valence electrons. The Balaban J connectivity index is 1.97. The Hall–Kier alpha value is -0.835. The molecule has 1 aromatic rings. The second-order valence-corrected chi connectivity index (χ2v) is 9.26. The number of carbonyl (C=O) groups is 2. The van der Waals surface area contributed by atoms with E-state index in [2.05, 4.69) is 45.3 Å². The van der Waals surface area contributed by atoms with Crippen LogP contribution >= 0.6 is 39.1 Å². The summed E-state index contributed by atoms with van der Waals surface area (Å²) in [5.41, 5.74) is 0.120. The highest BCUT2D eigenvalue weighted by Crippen LogP contribution is 2.31. The fraction of sp³-hybridized carbons (Fsp3) is 0.579. The molecule has 1 saturated heterocycles. The zero-order valence-corrected chi connectivity index (χ0v) is 20.4. The standard InChI is InChI=1S/C19H27BBrCl2N3O4/c1-12(2)10-15(20-29-8-6-26(3)7-9-30-20)25-16(27)11-24-19(28)17-14(22)5-4-13(21)18(17)23/h4-5,12,15H,6-11H2,1-3H3,(H,24,28)(H,25,27)/t15-/m0/s1. The molecule has 1 aliphatic heterocycles. The second-order valence-electron chi connectivity index (χ2n) is 7.62. The molecule has 1 fully saturated rings. The van der Waals surface area contributed by atoms with Gasteiger partial charge in [0.05, 0.1) is 28.1 Å². The summed E-state index contributed by atoms with van der Waals surface area (Å²) in [5.74, 6) is -0.869. The maximum atomic E-state index is 12.5. The molecule has 0 bridgehead atoms. The smallest absolute Gasteiger partial charge is 0.408 e. The molecule has 0 saturated carbocycles. The average Bonchev–Trinajstić information content (AvgIpc) is 2.65. The van der Waals surface area contributed by atoms with Gasteiger partial charge >= 0.3 is 7.12 Å². The van der Waals surface area contributed by atoms with Crippen molar-refractivity contribution in [3.8, 4) is 0 Å². The van der Waals surface area contributed by atoms with E-state index in [1.54, 1.807) is 12.1 Å². The van der Waals surface area contributed by atoms with Gasteiger partial charge in [0.1, 0.15) is 0 Å². The van der Waals surface area contributed by atoms with E-state index >= 15 is 0 Å². The van der Waals surface area contributed by atoms with Crippen LogP contribution in [0, 0.1) is 5.92 Å². The molecule has 11 heteroatoms. The second kappa shape index (κ2) is 12.3. The summed E-state index contributed by atoms with van der Waals surface area (Å²) in [6.07, 6.45) is 0.684. The van der Waals surface area contributed by atoms with Gasteiger partial charge in [-0.3, -0.25) is 9.59 Å². The van der Waals surface area contributed by atoms with Crippen LogP contribution in [0.25, 0.3) is 0 Å². The molecule has 2 N–H and O–H groups in total. The van der Waals surface area contributed by atoms with Gasteiger partial charge in [-0.2, -0.15) is 0 Å². The van der Waals surface area contributed by atoms with Crippen molar-refractivity contribution in [3.63, 3.8) is 0 Å². The Morgan fingerprint density at radius 1 is 1.23 bits per heavy atom. The molecule has 2 amide bonds. The van der Waals surface area contributed by atoms with Crippen LogP contribution in [0.4, 0.5) is 0 Å². The highest BCUT2D eigenvalue weighted by Gasteiger charge is 2.33. The summed E-state index contributed by atoms with van der Waals surface area (Å²) in [7, 11) is 1.47. The lowest BCUT2D eigenvalue weighted by Gasteiger charge is -2.29. The third kappa shape index (κ3) is 7.69. The molecule has 0 spiro atoms. The van der Waals surface area contributed by atoms with E-state index in [1.165, 1.54) is 0 Å². The van der Waals surface area contributed by atoms with Crippen molar-refractivity contribution in [3.05, 3.63) is 32.2 Å². The van der Waals surface area contributed by atoms with Crippen LogP contribution in [-0.4, -0.2) is 69.7 Å². The van der Waals surface area contributed by atoms with Crippen molar-refractivity contribution < 1.29 is 18.9 Å². The molecule has 0 aromatic heterocycles. The number of nitrogens with zero attached hydrogens (tertiary/aromatic N) is 1. The summed E-state index contributed by atoms with van der Waals surface area (Å²) in [5, 5.41) is 5.90. The molecule has 30 heavy (non-hydrogen) atoms. The van der Waals surface area contributed by atoms with Crippen molar-refractivity contribution in [1.82, 2.24) is 15.5 Å². The first kappa shape index (κ1) is 25.4. The van der Waals surface area contributed by atoms with E-state index in [0.717, 1.165) is 13.1 Å². The van der Waals surface area contributed by atoms with Gasteiger partial charge in [0, 0.05) is 30.8 Å². The van der Waals surface area contributed by atoms with Crippen LogP contribution in [0.15, 0.2) is 16.6 Å². The monoisotopic (exact) mass is 521 g/mol. The molecule has 7 nitrogen and oxygen atoms in total. The summed E-state index contributed by atoms with van der Waals surface area (Å²) in [4.78, 5) is 27.1. The minimum Gasteiger partial charge on any atom is -0.408 e. The number of benzene rings is 1. The topological polar surface area (TPSA) is 79.9 Å². The summed E-state index contributed by atoms with van der Waals surface area (Å²) < 4.78 is 12.2. The number of likely N-dealkylation sites (N-methyl/N-ethyl adjacent to an activating group) is 1. The Morgan fingerprint density at radius 2 is 1.87 bits per heavy atom. The fourth-order valence-corrected chi connectivity index (χ4v) is 3.90. The van der Waals surface area contributed by atoms with Crippen molar-refractivity contribution >= 4 is 58.1 Å². The number of hydrogen-bond donors (Lipinski definition) is 2. The van der Waals surface area contributed by atoms with Crippen LogP contribution in [-0.2, 0) is 14.1 Å². The van der Waals surface area contributed by atoms with Gasteiger partial charge in [-0.1, -0.05) is 37.0 Å². The zero-order valence-electron chi connectivity index (χ0n) is 17.3. The SMILES string of the molecule is CC(C)C[C@H](NC(=O)CNC(=O)c1c(Cl)ccc(Br)c1Cl)B1OCCN(C)CCO1. The molecule has 0 aliphatic carbocycles. The molecule has 0 radical (unpaired) electrons. The third-order valence-electron chi connectivity index (χ3n) is 4.59. The summed E-state index contributed by atoms with van der Waals surface area (Å²) in [6.45, 7) is 6.54. The summed E-state index contributed by atoms with van der Waals surface area (Å²) in [6, 6.07) is 3.21. The van der Waals surface area contributed by atoms with E-state index < -0.39 is 13.0 Å². The number of nitrogens with one attached hydrogen (secondary N) is 2. The quantitative estimate of drug-likeness (QED) is 0.425. The van der Waals surface area contributed by atoms with Crippen molar-refractivity contribution in [1.29, 1.82) is 0 Å². The van der Waals surface area contributed by atoms with Gasteiger partial charge in [0.25, 0.3) is 5.91 Å². The largest absolute Gasteiger partial charge is 0.480 e. The molecular weight excluding hydrogens is 496 g/mol. The van der Waals surface area contributed by atoms with Crippen molar-refractivity contribution in [2.24, 2.45) is 5.92 Å². The molecule has 2 rings (SSSR count). The Labute approximate surface area is 196 Å². The number of carbonyl (C=O) groups excluding carboxylic acids is 2. The van der Waals surface area contributed by atoms with Crippen molar-refractivity contribution in [2.45, 2.75) is 26.2 Å². The minimum atomic E-state index is -0.533. The van der Waals surface area contributed by atoms with Crippen molar-refractivity contribution in [2.75, 3.05) is 39.9 Å². The first-order valence-corrected chi connectivity index (χ1v) is 11.4. The first-order valence-electron chi connectivity index (χ1n) is 9.81. The number of hydrogen-bond acceptors (Lipinski definition) is 5. The van der Waals surface area contributed by atoms with Crippen LogP contribution < -0.4 is 10.6 Å². The molecule has 1 heterocycles. The fourth-order valence-electron chi connectivity index (χ4n) is 3.03. The van der Waals surface area contributed by atoms with Crippen LogP contribution in [0.5, 0.6) is 0 Å². The maximum absolute atomic E-state index is 12.5. The number of amides is 2. The highest BCUT2D eigenvalue weighted by molar-refractivity contribution is 9.10. The van der Waals surface area contributed by atoms with Gasteiger partial charge in [-0.15, -0.1) is 0 Å². The predicted molar refractivity (Wildman–Crippen MR) is 123 cm³/mol. The van der Waals surface area contributed by atoms with Crippen LogP contribution in [0.2, 0.25) is 10.0 Å². The van der Waals surface area contributed by atoms with Gasteiger partial charge in [-0.05, 0) is 47.4 Å². The maximum Gasteiger partial charge on any atom is 0.480 e. The predicted octanol–water partition coefficient (Wildman–Crippen LogP) is 3.02. The van der Waals surface area contributed by atoms with Gasteiger partial charge < -0.3 is 24.8 Å². The lowest BCUT2D eigenvalue weighted by molar-refractivity contribution is -0.120. The third-order valence-corrected chi connectivity index (χ3v) is 6.19. The summed E-state index contributed by atoms with van der Waals surface area (Å²) >= 11 is 15.5. The Bertz CT molecular complexity index is 747. The lowest BCUT2D eigenvalue weighted by Crippen LogP contribution is -2.54. The number of halogens is 3. The van der Waals surface area contributed by atoms with Gasteiger partial charge in [0.15, 0.2) is 0 Å². The molecule has 1 aliphatic rings.